The highest BCUT2D eigenvalue weighted by molar-refractivity contribution is 6.39. The highest BCUT2D eigenvalue weighted by Gasteiger charge is 2.30. The smallest absolute Gasteiger partial charge is 0.255 e. The van der Waals surface area contributed by atoms with Crippen molar-refractivity contribution in [2.24, 2.45) is 0 Å². The van der Waals surface area contributed by atoms with Gasteiger partial charge < -0.3 is 14.8 Å². The van der Waals surface area contributed by atoms with E-state index >= 15 is 0 Å². The van der Waals surface area contributed by atoms with Gasteiger partial charge in [0.25, 0.3) is 5.91 Å². The largest absolute Gasteiger partial charge is 0.486 e. The first-order valence-electron chi connectivity index (χ1n) is 10.5. The third-order valence-corrected chi connectivity index (χ3v) is 5.59. The molecule has 9 heteroatoms. The number of aromatic nitrogens is 1. The average Bonchev–Trinajstić information content (AvgIpc) is 3.18. The molecule has 2 N–H and O–H groups in total. The third-order valence-electron chi connectivity index (χ3n) is 5.02. The second kappa shape index (κ2) is 10.3. The molecule has 0 bridgehead atoms. The van der Waals surface area contributed by atoms with E-state index in [4.69, 9.17) is 37.5 Å². The number of pyridine rings is 1. The molecule has 1 amide bonds. The van der Waals surface area contributed by atoms with Crippen LogP contribution in [-0.4, -0.2) is 23.1 Å². The number of nitrogens with zero attached hydrogens (tertiary/aromatic N) is 1. The molecular formula is C25H23Cl2N3O4. The maximum Gasteiger partial charge on any atom is 0.255 e. The first kappa shape index (κ1) is 23.9. The molecule has 34 heavy (non-hydrogen) atoms. The van der Waals surface area contributed by atoms with Crippen molar-refractivity contribution >= 4 is 34.8 Å². The van der Waals surface area contributed by atoms with Gasteiger partial charge in [-0.1, -0.05) is 53.5 Å². The molecule has 0 radical (unpaired) electrons. The SMILES string of the molecule is CC1=CC(C)(COc2cc(C(=O)Nc3c(Cl)cncc3Cl)ccc2OCc2ccccc2)ON1. The van der Waals surface area contributed by atoms with Gasteiger partial charge in [-0.3, -0.25) is 20.1 Å². The summed E-state index contributed by atoms with van der Waals surface area (Å²) >= 11 is 12.3. The fraction of sp³-hybridized carbons (Fsp3) is 0.200. The summed E-state index contributed by atoms with van der Waals surface area (Å²) in [6.45, 7) is 4.34. The summed E-state index contributed by atoms with van der Waals surface area (Å²) in [5.41, 5.74) is 4.69. The van der Waals surface area contributed by atoms with Gasteiger partial charge in [0.2, 0.25) is 0 Å². The fourth-order valence-electron chi connectivity index (χ4n) is 3.34. The minimum absolute atomic E-state index is 0.201. The second-order valence-corrected chi connectivity index (χ2v) is 8.82. The highest BCUT2D eigenvalue weighted by Crippen LogP contribution is 2.33. The second-order valence-electron chi connectivity index (χ2n) is 8.00. The summed E-state index contributed by atoms with van der Waals surface area (Å²) in [7, 11) is 0. The molecular weight excluding hydrogens is 477 g/mol. The van der Waals surface area contributed by atoms with Gasteiger partial charge in [0.15, 0.2) is 11.5 Å². The van der Waals surface area contributed by atoms with Crippen LogP contribution >= 0.6 is 23.2 Å². The van der Waals surface area contributed by atoms with Gasteiger partial charge in [-0.25, -0.2) is 0 Å². The Morgan fingerprint density at radius 1 is 1.09 bits per heavy atom. The molecule has 1 aliphatic rings. The molecule has 3 aromatic rings. The van der Waals surface area contributed by atoms with Crippen molar-refractivity contribution in [1.82, 2.24) is 10.5 Å². The summed E-state index contributed by atoms with van der Waals surface area (Å²) in [5, 5.41) is 3.20. The van der Waals surface area contributed by atoms with Gasteiger partial charge in [0.1, 0.15) is 18.8 Å². The van der Waals surface area contributed by atoms with E-state index in [0.29, 0.717) is 23.7 Å². The van der Waals surface area contributed by atoms with E-state index in [0.717, 1.165) is 11.3 Å². The molecule has 0 saturated carbocycles. The van der Waals surface area contributed by atoms with Crippen molar-refractivity contribution < 1.29 is 19.1 Å². The van der Waals surface area contributed by atoms with Gasteiger partial charge in [-0.15, -0.1) is 0 Å². The van der Waals surface area contributed by atoms with Crippen LogP contribution in [0.25, 0.3) is 0 Å². The molecule has 176 valence electrons. The van der Waals surface area contributed by atoms with Crippen LogP contribution in [0.2, 0.25) is 10.0 Å². The molecule has 0 saturated heterocycles. The molecule has 0 aliphatic carbocycles. The van der Waals surface area contributed by atoms with Crippen LogP contribution in [0.15, 0.2) is 72.7 Å². The van der Waals surface area contributed by atoms with Gasteiger partial charge in [0.05, 0.1) is 15.7 Å². The number of hydrogen-bond acceptors (Lipinski definition) is 6. The Morgan fingerprint density at radius 2 is 1.82 bits per heavy atom. The molecule has 7 nitrogen and oxygen atoms in total. The topological polar surface area (TPSA) is 81.7 Å². The van der Waals surface area contributed by atoms with Crippen LogP contribution in [0.5, 0.6) is 11.5 Å². The van der Waals surface area contributed by atoms with E-state index in [-0.39, 0.29) is 22.3 Å². The monoisotopic (exact) mass is 499 g/mol. The molecule has 2 heterocycles. The minimum atomic E-state index is -0.670. The summed E-state index contributed by atoms with van der Waals surface area (Å²) in [6, 6.07) is 14.7. The maximum atomic E-state index is 12.9. The van der Waals surface area contributed by atoms with Crippen LogP contribution in [-0.2, 0) is 11.4 Å². The molecule has 0 fully saturated rings. The Balaban J connectivity index is 1.56. The maximum absolute atomic E-state index is 12.9. The van der Waals surface area contributed by atoms with Gasteiger partial charge in [-0.2, -0.15) is 0 Å². The number of anilines is 1. The van der Waals surface area contributed by atoms with E-state index in [1.54, 1.807) is 18.2 Å². The number of nitrogens with one attached hydrogen (secondary N) is 2. The predicted octanol–water partition coefficient (Wildman–Crippen LogP) is 5.80. The van der Waals surface area contributed by atoms with Gasteiger partial charge >= 0.3 is 0 Å². The number of ether oxygens (including phenoxy) is 2. The van der Waals surface area contributed by atoms with Gasteiger partial charge in [-0.05, 0) is 43.7 Å². The number of rotatable bonds is 8. The standard InChI is InChI=1S/C25H23Cl2N3O4/c1-16-11-25(2,34-30-16)15-33-22-10-18(24(31)29-23-19(26)12-28-13-20(23)27)8-9-21(22)32-14-17-6-4-3-5-7-17/h3-13,30H,14-15H2,1-2H3,(H,28,29,31). The van der Waals surface area contributed by atoms with E-state index in [1.165, 1.54) is 12.4 Å². The predicted molar refractivity (Wildman–Crippen MR) is 131 cm³/mol. The summed E-state index contributed by atoms with van der Waals surface area (Å²) < 4.78 is 12.1. The molecule has 1 aliphatic heterocycles. The number of halogens is 2. The van der Waals surface area contributed by atoms with Crippen molar-refractivity contribution in [2.75, 3.05) is 11.9 Å². The lowest BCUT2D eigenvalue weighted by atomic mass is 10.1. The Kier molecular flexibility index (Phi) is 7.26. The zero-order valence-corrected chi connectivity index (χ0v) is 20.1. The number of hydrogen-bond donors (Lipinski definition) is 2. The Hall–Kier alpha value is -3.26. The van der Waals surface area contributed by atoms with Gasteiger partial charge in [0, 0.05) is 23.7 Å². The molecule has 1 aromatic heterocycles. The normalized spacial score (nSPS) is 17.0. The first-order valence-corrected chi connectivity index (χ1v) is 11.3. The van der Waals surface area contributed by atoms with Crippen LogP contribution in [0, 0.1) is 0 Å². The lowest BCUT2D eigenvalue weighted by molar-refractivity contribution is -0.0526. The zero-order valence-electron chi connectivity index (χ0n) is 18.6. The Bertz CT molecular complexity index is 1200. The van der Waals surface area contributed by atoms with Crippen molar-refractivity contribution in [2.45, 2.75) is 26.1 Å². The number of amides is 1. The number of carbonyl (C=O) groups excluding carboxylic acids is 1. The molecule has 1 atom stereocenters. The third kappa shape index (κ3) is 5.80. The quantitative estimate of drug-likeness (QED) is 0.407. The first-order chi connectivity index (χ1) is 16.3. The molecule has 4 rings (SSSR count). The van der Waals surface area contributed by atoms with Crippen molar-refractivity contribution in [3.8, 4) is 11.5 Å². The lowest BCUT2D eigenvalue weighted by Crippen LogP contribution is -2.33. The van der Waals surface area contributed by atoms with Crippen LogP contribution < -0.4 is 20.3 Å². The van der Waals surface area contributed by atoms with E-state index in [9.17, 15) is 4.79 Å². The van der Waals surface area contributed by atoms with Crippen LogP contribution in [0.3, 0.4) is 0 Å². The van der Waals surface area contributed by atoms with Crippen molar-refractivity contribution in [3.05, 3.63) is 93.9 Å². The fourth-order valence-corrected chi connectivity index (χ4v) is 3.80. The number of allylic oxidation sites excluding steroid dienone is 1. The zero-order chi connectivity index (χ0) is 24.1. The molecule has 2 aromatic carbocycles. The Morgan fingerprint density at radius 3 is 2.50 bits per heavy atom. The summed E-state index contributed by atoms with van der Waals surface area (Å²) in [4.78, 5) is 22.4. The van der Waals surface area contributed by atoms with Crippen molar-refractivity contribution in [3.63, 3.8) is 0 Å². The minimum Gasteiger partial charge on any atom is -0.486 e. The van der Waals surface area contributed by atoms with E-state index in [1.807, 2.05) is 50.3 Å². The van der Waals surface area contributed by atoms with Crippen molar-refractivity contribution in [1.29, 1.82) is 0 Å². The lowest BCUT2D eigenvalue weighted by Gasteiger charge is -2.22. The number of carbonyl (C=O) groups is 1. The Labute approximate surface area is 207 Å². The van der Waals surface area contributed by atoms with E-state index in [2.05, 4.69) is 15.8 Å². The van der Waals surface area contributed by atoms with Crippen LogP contribution in [0.4, 0.5) is 5.69 Å². The summed E-state index contributed by atoms with van der Waals surface area (Å²) in [6.07, 6.45) is 4.75. The molecule has 1 unspecified atom stereocenters. The summed E-state index contributed by atoms with van der Waals surface area (Å²) in [5.74, 6) is 0.490. The molecule has 0 spiro atoms. The highest BCUT2D eigenvalue weighted by atomic mass is 35.5. The number of benzene rings is 2. The number of hydroxylamine groups is 1. The average molecular weight is 500 g/mol. The van der Waals surface area contributed by atoms with Crippen LogP contribution in [0.1, 0.15) is 29.8 Å². The van der Waals surface area contributed by atoms with E-state index < -0.39 is 11.5 Å².